The molecule has 0 aliphatic heterocycles. The zero-order chi connectivity index (χ0) is 13.4. The third-order valence-corrected chi connectivity index (χ3v) is 3.21. The number of rotatable bonds is 3. The molecular formula is C13H15F3O2. The van der Waals surface area contributed by atoms with Crippen LogP contribution >= 0.6 is 0 Å². The number of alkyl halides is 3. The van der Waals surface area contributed by atoms with Crippen molar-refractivity contribution in [1.29, 1.82) is 0 Å². The Morgan fingerprint density at radius 3 is 2.67 bits per heavy atom. The Bertz CT molecular complexity index is 460. The minimum atomic E-state index is -2.58. The van der Waals surface area contributed by atoms with Crippen molar-refractivity contribution in [3.63, 3.8) is 0 Å². The Morgan fingerprint density at radius 1 is 1.39 bits per heavy atom. The molecule has 2 unspecified atom stereocenters. The smallest absolute Gasteiger partial charge is 0.272 e. The van der Waals surface area contributed by atoms with E-state index in [9.17, 15) is 18.3 Å². The Morgan fingerprint density at radius 2 is 2.06 bits per heavy atom. The lowest BCUT2D eigenvalue weighted by atomic mass is 9.99. The van der Waals surface area contributed by atoms with Gasteiger partial charge < -0.3 is 9.84 Å². The maximum Gasteiger partial charge on any atom is 0.272 e. The molecule has 1 aliphatic carbocycles. The number of hydrogen-bond donors (Lipinski definition) is 1. The first-order valence-corrected chi connectivity index (χ1v) is 5.78. The minimum absolute atomic E-state index is 0.0115. The van der Waals surface area contributed by atoms with E-state index in [0.29, 0.717) is 16.7 Å². The number of ether oxygens (including phenoxy) is 1. The van der Waals surface area contributed by atoms with E-state index < -0.39 is 25.3 Å². The molecule has 0 radical (unpaired) electrons. The fourth-order valence-corrected chi connectivity index (χ4v) is 2.52. The van der Waals surface area contributed by atoms with Gasteiger partial charge in [-0.25, -0.2) is 13.2 Å². The van der Waals surface area contributed by atoms with Crippen LogP contribution in [0.5, 0.6) is 5.75 Å². The standard InChI is InChI=1S/C13H15F3O2/c1-6-3-7(2)13(18-5-10(15)16)8-4-9(14)12(17)11(6)8/h3,9-10,12,17H,4-5H2,1-2H3. The number of benzene rings is 1. The van der Waals surface area contributed by atoms with Crippen molar-refractivity contribution < 1.29 is 23.0 Å². The third kappa shape index (κ3) is 2.19. The molecule has 1 aromatic carbocycles. The zero-order valence-electron chi connectivity index (χ0n) is 10.2. The third-order valence-electron chi connectivity index (χ3n) is 3.21. The van der Waals surface area contributed by atoms with Crippen molar-refractivity contribution in [2.75, 3.05) is 6.61 Å². The molecule has 2 nitrogen and oxygen atoms in total. The second-order valence-electron chi connectivity index (χ2n) is 4.60. The quantitative estimate of drug-likeness (QED) is 0.905. The maximum absolute atomic E-state index is 13.5. The molecule has 0 fully saturated rings. The van der Waals surface area contributed by atoms with Crippen LogP contribution in [0.4, 0.5) is 13.2 Å². The van der Waals surface area contributed by atoms with Crippen LogP contribution in [0.1, 0.15) is 28.4 Å². The fourth-order valence-electron chi connectivity index (χ4n) is 2.52. The summed E-state index contributed by atoms with van der Waals surface area (Å²) in [4.78, 5) is 0. The van der Waals surface area contributed by atoms with E-state index in [1.165, 1.54) is 0 Å². The highest BCUT2D eigenvalue weighted by molar-refractivity contribution is 5.54. The number of fused-ring (bicyclic) bond motifs is 1. The molecule has 1 N–H and O–H groups in total. The van der Waals surface area contributed by atoms with Gasteiger partial charge in [0.25, 0.3) is 6.43 Å². The second kappa shape index (κ2) is 4.80. The van der Waals surface area contributed by atoms with Gasteiger partial charge in [-0.1, -0.05) is 6.07 Å². The molecule has 0 saturated carbocycles. The second-order valence-corrected chi connectivity index (χ2v) is 4.60. The molecule has 0 spiro atoms. The molecule has 1 aliphatic rings. The van der Waals surface area contributed by atoms with E-state index in [1.807, 2.05) is 0 Å². The van der Waals surface area contributed by atoms with Crippen LogP contribution in [0.3, 0.4) is 0 Å². The Kier molecular flexibility index (Phi) is 3.52. The number of hydrogen-bond acceptors (Lipinski definition) is 2. The van der Waals surface area contributed by atoms with Gasteiger partial charge >= 0.3 is 0 Å². The summed E-state index contributed by atoms with van der Waals surface area (Å²) in [5.74, 6) is 0.287. The Hall–Kier alpha value is -1.23. The van der Waals surface area contributed by atoms with Gasteiger partial charge in [0.05, 0.1) is 0 Å². The summed E-state index contributed by atoms with van der Waals surface area (Å²) in [7, 11) is 0. The van der Waals surface area contributed by atoms with E-state index in [2.05, 4.69) is 0 Å². The summed E-state index contributed by atoms with van der Waals surface area (Å²) in [5, 5.41) is 9.74. The van der Waals surface area contributed by atoms with Gasteiger partial charge in [-0.3, -0.25) is 0 Å². The van der Waals surface area contributed by atoms with Gasteiger partial charge in [0.1, 0.15) is 24.6 Å². The fraction of sp³-hybridized carbons (Fsp3) is 0.538. The SMILES string of the molecule is Cc1cc(C)c2c(c1OCC(F)F)CC(F)C2O. The molecule has 100 valence electrons. The highest BCUT2D eigenvalue weighted by Gasteiger charge is 2.35. The molecule has 5 heteroatoms. The predicted molar refractivity (Wildman–Crippen MR) is 61.0 cm³/mol. The monoisotopic (exact) mass is 260 g/mol. The molecule has 0 saturated heterocycles. The summed E-state index contributed by atoms with van der Waals surface area (Å²) in [6.45, 7) is 2.78. The van der Waals surface area contributed by atoms with Gasteiger partial charge in [0, 0.05) is 12.0 Å². The van der Waals surface area contributed by atoms with Crippen molar-refractivity contribution in [2.24, 2.45) is 0 Å². The number of aliphatic hydroxyl groups is 1. The van der Waals surface area contributed by atoms with Gasteiger partial charge in [0.2, 0.25) is 0 Å². The summed E-state index contributed by atoms with van der Waals surface area (Å²) >= 11 is 0. The predicted octanol–water partition coefficient (Wildman–Crippen LogP) is 2.87. The molecule has 0 aromatic heterocycles. The molecule has 2 rings (SSSR count). The number of aryl methyl sites for hydroxylation is 2. The highest BCUT2D eigenvalue weighted by atomic mass is 19.3. The van der Waals surface area contributed by atoms with Crippen LogP contribution in [0.15, 0.2) is 6.07 Å². The lowest BCUT2D eigenvalue weighted by Crippen LogP contribution is -2.10. The van der Waals surface area contributed by atoms with Crippen LogP contribution in [-0.4, -0.2) is 24.3 Å². The Balaban J connectivity index is 2.42. The van der Waals surface area contributed by atoms with Crippen LogP contribution in [0.2, 0.25) is 0 Å². The maximum atomic E-state index is 13.5. The molecule has 0 heterocycles. The van der Waals surface area contributed by atoms with E-state index in [4.69, 9.17) is 4.74 Å². The van der Waals surface area contributed by atoms with Crippen molar-refractivity contribution in [3.8, 4) is 5.75 Å². The number of halogens is 3. The van der Waals surface area contributed by atoms with E-state index >= 15 is 0 Å². The molecule has 1 aromatic rings. The lowest BCUT2D eigenvalue weighted by molar-refractivity contribution is 0.0809. The van der Waals surface area contributed by atoms with Crippen molar-refractivity contribution in [2.45, 2.75) is 39.0 Å². The molecular weight excluding hydrogens is 245 g/mol. The summed E-state index contributed by atoms with van der Waals surface area (Å²) in [6.07, 6.45) is -5.14. The first-order chi connectivity index (χ1) is 8.41. The average molecular weight is 260 g/mol. The summed E-state index contributed by atoms with van der Waals surface area (Å²) in [6, 6.07) is 1.72. The van der Waals surface area contributed by atoms with Crippen molar-refractivity contribution >= 4 is 0 Å². The van der Waals surface area contributed by atoms with Crippen molar-refractivity contribution in [3.05, 3.63) is 28.3 Å². The van der Waals surface area contributed by atoms with Gasteiger partial charge in [-0.15, -0.1) is 0 Å². The van der Waals surface area contributed by atoms with Crippen LogP contribution in [-0.2, 0) is 6.42 Å². The zero-order valence-corrected chi connectivity index (χ0v) is 10.2. The van der Waals surface area contributed by atoms with E-state index in [1.54, 1.807) is 19.9 Å². The van der Waals surface area contributed by atoms with Crippen LogP contribution in [0, 0.1) is 13.8 Å². The molecule has 18 heavy (non-hydrogen) atoms. The first kappa shape index (κ1) is 13.2. The van der Waals surface area contributed by atoms with Crippen LogP contribution in [0.25, 0.3) is 0 Å². The van der Waals surface area contributed by atoms with E-state index in [-0.39, 0.29) is 12.2 Å². The molecule has 2 atom stereocenters. The largest absolute Gasteiger partial charge is 0.487 e. The summed E-state index contributed by atoms with van der Waals surface area (Å²) < 4.78 is 43.0. The lowest BCUT2D eigenvalue weighted by Gasteiger charge is -2.16. The van der Waals surface area contributed by atoms with Gasteiger partial charge in [-0.2, -0.15) is 0 Å². The topological polar surface area (TPSA) is 29.5 Å². The normalized spacial score (nSPS) is 22.4. The molecule has 0 amide bonds. The minimum Gasteiger partial charge on any atom is -0.487 e. The average Bonchev–Trinajstić information content (AvgIpc) is 2.54. The number of aliphatic hydroxyl groups excluding tert-OH is 1. The summed E-state index contributed by atoms with van der Waals surface area (Å²) in [5.41, 5.74) is 2.46. The van der Waals surface area contributed by atoms with E-state index in [0.717, 1.165) is 5.56 Å². The van der Waals surface area contributed by atoms with Crippen molar-refractivity contribution in [1.82, 2.24) is 0 Å². The van der Waals surface area contributed by atoms with Gasteiger partial charge in [-0.05, 0) is 30.5 Å². The van der Waals surface area contributed by atoms with Crippen LogP contribution < -0.4 is 4.74 Å². The first-order valence-electron chi connectivity index (χ1n) is 5.78. The highest BCUT2D eigenvalue weighted by Crippen LogP contribution is 2.42. The Labute approximate surface area is 103 Å². The van der Waals surface area contributed by atoms with Gasteiger partial charge in [0.15, 0.2) is 0 Å². The molecule has 0 bridgehead atoms.